The molecule has 1 amide bonds. The average Bonchev–Trinajstić information content (AvgIpc) is 3.07. The minimum Gasteiger partial charge on any atom is -0.461 e. The van der Waals surface area contributed by atoms with Crippen LogP contribution in [0.25, 0.3) is 0 Å². The van der Waals surface area contributed by atoms with E-state index in [9.17, 15) is 4.79 Å². The second-order valence-corrected chi connectivity index (χ2v) is 4.60. The molecule has 0 saturated carbocycles. The van der Waals surface area contributed by atoms with Crippen LogP contribution in [-0.4, -0.2) is 17.9 Å². The number of nitrogens with one attached hydrogen (secondary N) is 1. The smallest absolute Gasteiger partial charge is 0.294 e. The summed E-state index contributed by atoms with van der Waals surface area (Å²) in [5.74, 6) is 0.289. The third-order valence-electron chi connectivity index (χ3n) is 2.88. The van der Waals surface area contributed by atoms with Crippen LogP contribution in [0, 0.1) is 0 Å². The van der Waals surface area contributed by atoms with Gasteiger partial charge in [-0.2, -0.15) is 0 Å². The Labute approximate surface area is 120 Å². The van der Waals surface area contributed by atoms with Crippen molar-refractivity contribution in [3.63, 3.8) is 0 Å². The minimum atomic E-state index is -0.364. The topological polar surface area (TPSA) is 56.8 Å². The van der Waals surface area contributed by atoms with Crippen LogP contribution in [0.3, 0.4) is 0 Å². The Bertz CT molecular complexity index is 621. The standard InChI is InChI=1S/C14H11NO4S/c16-13-12(19-14(20)15-13)10(11-7-17-8-18-11)6-9-4-2-1-3-5-9/h1-5,7H,6,8H2,(H,15,16,20). The zero-order valence-electron chi connectivity index (χ0n) is 10.4. The Morgan fingerprint density at radius 3 is 2.70 bits per heavy atom. The highest BCUT2D eigenvalue weighted by molar-refractivity contribution is 7.80. The molecule has 1 aromatic carbocycles. The van der Waals surface area contributed by atoms with Crippen molar-refractivity contribution in [1.82, 2.24) is 5.32 Å². The average molecular weight is 289 g/mol. The Balaban J connectivity index is 1.98. The fourth-order valence-electron chi connectivity index (χ4n) is 1.99. The highest BCUT2D eigenvalue weighted by Crippen LogP contribution is 2.26. The molecule has 20 heavy (non-hydrogen) atoms. The molecule has 3 rings (SSSR count). The van der Waals surface area contributed by atoms with Crippen molar-refractivity contribution < 1.29 is 19.0 Å². The SMILES string of the molecule is O=C1NC(=S)OC1=C(Cc1ccccc1)C1=COCO1. The Morgan fingerprint density at radius 2 is 2.10 bits per heavy atom. The highest BCUT2D eigenvalue weighted by atomic mass is 32.1. The van der Waals surface area contributed by atoms with E-state index in [4.69, 9.17) is 26.4 Å². The summed E-state index contributed by atoms with van der Waals surface area (Å²) in [4.78, 5) is 11.9. The van der Waals surface area contributed by atoms with Crippen molar-refractivity contribution in [1.29, 1.82) is 0 Å². The molecular formula is C14H11NO4S. The third-order valence-corrected chi connectivity index (χ3v) is 3.07. The lowest BCUT2D eigenvalue weighted by atomic mass is 10.0. The van der Waals surface area contributed by atoms with Gasteiger partial charge in [0, 0.05) is 6.42 Å². The zero-order valence-corrected chi connectivity index (χ0v) is 11.2. The second-order valence-electron chi connectivity index (χ2n) is 4.22. The number of carbonyl (C=O) groups excluding carboxylic acids is 1. The normalized spacial score (nSPS) is 19.7. The summed E-state index contributed by atoms with van der Waals surface area (Å²) >= 11 is 4.85. The van der Waals surface area contributed by atoms with E-state index in [0.717, 1.165) is 5.56 Å². The molecule has 1 saturated heterocycles. The zero-order chi connectivity index (χ0) is 13.9. The van der Waals surface area contributed by atoms with Crippen LogP contribution in [0.1, 0.15) is 5.56 Å². The van der Waals surface area contributed by atoms with Crippen LogP contribution in [0.15, 0.2) is 53.7 Å². The lowest BCUT2D eigenvalue weighted by molar-refractivity contribution is -0.116. The fraction of sp³-hybridized carbons (Fsp3) is 0.143. The molecular weight excluding hydrogens is 278 g/mol. The van der Waals surface area contributed by atoms with Gasteiger partial charge in [-0.25, -0.2) is 0 Å². The number of hydrogen-bond donors (Lipinski definition) is 1. The van der Waals surface area contributed by atoms with Gasteiger partial charge >= 0.3 is 0 Å². The second kappa shape index (κ2) is 5.34. The van der Waals surface area contributed by atoms with E-state index in [0.29, 0.717) is 17.8 Å². The highest BCUT2D eigenvalue weighted by Gasteiger charge is 2.30. The van der Waals surface area contributed by atoms with Crippen LogP contribution in [0.2, 0.25) is 0 Å². The van der Waals surface area contributed by atoms with E-state index < -0.39 is 0 Å². The maximum absolute atomic E-state index is 11.9. The summed E-state index contributed by atoms with van der Waals surface area (Å²) in [6.45, 7) is 0.132. The first-order valence-corrected chi connectivity index (χ1v) is 6.40. The molecule has 0 bridgehead atoms. The molecule has 2 heterocycles. The van der Waals surface area contributed by atoms with Crippen LogP contribution in [-0.2, 0) is 25.4 Å². The number of benzene rings is 1. The number of hydrogen-bond acceptors (Lipinski definition) is 5. The Hall–Kier alpha value is -2.34. The van der Waals surface area contributed by atoms with E-state index >= 15 is 0 Å². The van der Waals surface area contributed by atoms with Crippen LogP contribution >= 0.6 is 12.2 Å². The first kappa shape index (κ1) is 12.7. The molecule has 1 N–H and O–H groups in total. The first-order valence-electron chi connectivity index (χ1n) is 5.99. The summed E-state index contributed by atoms with van der Waals surface area (Å²) < 4.78 is 15.7. The van der Waals surface area contributed by atoms with Gasteiger partial charge in [-0.05, 0) is 17.8 Å². The predicted octanol–water partition coefficient (Wildman–Crippen LogP) is 1.76. The van der Waals surface area contributed by atoms with Crippen molar-refractivity contribution >= 4 is 23.3 Å². The van der Waals surface area contributed by atoms with Crippen LogP contribution in [0.5, 0.6) is 0 Å². The van der Waals surface area contributed by atoms with Gasteiger partial charge in [0.25, 0.3) is 11.1 Å². The molecule has 0 atom stereocenters. The summed E-state index contributed by atoms with van der Waals surface area (Å²) in [6, 6.07) is 9.71. The van der Waals surface area contributed by atoms with Gasteiger partial charge in [0.15, 0.2) is 5.76 Å². The summed E-state index contributed by atoms with van der Waals surface area (Å²) in [5.41, 5.74) is 1.65. The van der Waals surface area contributed by atoms with E-state index in [2.05, 4.69) is 5.32 Å². The molecule has 0 radical (unpaired) electrons. The van der Waals surface area contributed by atoms with Crippen molar-refractivity contribution in [2.75, 3.05) is 6.79 Å². The van der Waals surface area contributed by atoms with Gasteiger partial charge in [-0.3, -0.25) is 10.1 Å². The lowest BCUT2D eigenvalue weighted by Crippen LogP contribution is -2.19. The molecule has 0 spiro atoms. The van der Waals surface area contributed by atoms with Crippen LogP contribution < -0.4 is 5.32 Å². The largest absolute Gasteiger partial charge is 0.461 e. The van der Waals surface area contributed by atoms with E-state index in [1.54, 1.807) is 0 Å². The van der Waals surface area contributed by atoms with E-state index in [1.165, 1.54) is 6.26 Å². The van der Waals surface area contributed by atoms with Gasteiger partial charge in [0.2, 0.25) is 12.6 Å². The molecule has 2 aliphatic rings. The lowest BCUT2D eigenvalue weighted by Gasteiger charge is -2.09. The molecule has 1 aromatic rings. The molecule has 0 aromatic heterocycles. The molecule has 102 valence electrons. The van der Waals surface area contributed by atoms with Gasteiger partial charge in [0.05, 0.1) is 5.57 Å². The molecule has 1 fully saturated rings. The summed E-state index contributed by atoms with van der Waals surface area (Å²) in [6.07, 6.45) is 1.96. The molecule has 2 aliphatic heterocycles. The quantitative estimate of drug-likeness (QED) is 0.679. The molecule has 0 unspecified atom stereocenters. The number of allylic oxidation sites excluding steroid dienone is 1. The fourth-order valence-corrected chi connectivity index (χ4v) is 2.17. The number of amides is 1. The minimum absolute atomic E-state index is 0.0510. The van der Waals surface area contributed by atoms with Crippen molar-refractivity contribution in [2.24, 2.45) is 0 Å². The van der Waals surface area contributed by atoms with Crippen molar-refractivity contribution in [3.05, 3.63) is 59.2 Å². The van der Waals surface area contributed by atoms with Gasteiger partial charge < -0.3 is 14.2 Å². The summed E-state index contributed by atoms with van der Waals surface area (Å²) in [7, 11) is 0. The number of rotatable bonds is 3. The Morgan fingerprint density at radius 1 is 1.30 bits per heavy atom. The maximum atomic E-state index is 11.9. The summed E-state index contributed by atoms with van der Waals surface area (Å²) in [5, 5.41) is 2.50. The third kappa shape index (κ3) is 2.50. The predicted molar refractivity (Wildman–Crippen MR) is 74.1 cm³/mol. The van der Waals surface area contributed by atoms with Crippen molar-refractivity contribution in [3.8, 4) is 0 Å². The monoisotopic (exact) mass is 289 g/mol. The molecule has 6 heteroatoms. The number of ether oxygens (including phenoxy) is 3. The van der Waals surface area contributed by atoms with E-state index in [1.807, 2.05) is 30.3 Å². The molecule has 5 nitrogen and oxygen atoms in total. The Kier molecular flexibility index (Phi) is 3.39. The molecule has 0 aliphatic carbocycles. The first-order chi connectivity index (χ1) is 9.74. The number of carbonyl (C=O) groups is 1. The van der Waals surface area contributed by atoms with Gasteiger partial charge in [-0.15, -0.1) is 0 Å². The maximum Gasteiger partial charge on any atom is 0.294 e. The van der Waals surface area contributed by atoms with Crippen molar-refractivity contribution in [2.45, 2.75) is 6.42 Å². The van der Waals surface area contributed by atoms with E-state index in [-0.39, 0.29) is 23.6 Å². The van der Waals surface area contributed by atoms with Crippen LogP contribution in [0.4, 0.5) is 0 Å². The number of thiocarbonyl (C=S) groups is 1. The van der Waals surface area contributed by atoms with Gasteiger partial charge in [-0.1, -0.05) is 30.3 Å². The van der Waals surface area contributed by atoms with Gasteiger partial charge in [0.1, 0.15) is 6.26 Å².